The van der Waals surface area contributed by atoms with Gasteiger partial charge >= 0.3 is 0 Å². The molecule has 1 saturated heterocycles. The van der Waals surface area contributed by atoms with Crippen molar-refractivity contribution < 1.29 is 4.79 Å². The van der Waals surface area contributed by atoms with Crippen LogP contribution in [0.3, 0.4) is 0 Å². The number of carbonyl (C=O) groups excluding carboxylic acids is 1. The Labute approximate surface area is 92.0 Å². The summed E-state index contributed by atoms with van der Waals surface area (Å²) in [5, 5.41) is 6.29. The molecule has 0 aromatic carbocycles. The van der Waals surface area contributed by atoms with Crippen molar-refractivity contribution in [1.29, 1.82) is 0 Å². The molecule has 0 unspecified atom stereocenters. The number of carbonyl (C=O) groups is 1. The molecule has 1 amide bonds. The first-order valence-electron chi connectivity index (χ1n) is 6.10. The van der Waals surface area contributed by atoms with Crippen LogP contribution < -0.4 is 10.6 Å². The smallest absolute Gasteiger partial charge is 0.220 e. The third-order valence-electron chi connectivity index (χ3n) is 4.09. The second-order valence-corrected chi connectivity index (χ2v) is 5.52. The molecular formula is C12H22N2O. The van der Waals surface area contributed by atoms with E-state index in [1.165, 1.54) is 12.8 Å². The average molecular weight is 210 g/mol. The molecule has 1 aliphatic heterocycles. The monoisotopic (exact) mass is 210 g/mol. The molecule has 0 spiro atoms. The quantitative estimate of drug-likeness (QED) is 0.714. The molecule has 1 heterocycles. The molecule has 0 aromatic heterocycles. The summed E-state index contributed by atoms with van der Waals surface area (Å²) in [6.45, 7) is 7.44. The van der Waals surface area contributed by atoms with E-state index in [4.69, 9.17) is 0 Å². The van der Waals surface area contributed by atoms with E-state index < -0.39 is 0 Å². The van der Waals surface area contributed by atoms with Crippen molar-refractivity contribution in [2.75, 3.05) is 19.6 Å². The van der Waals surface area contributed by atoms with E-state index in [1.54, 1.807) is 0 Å². The van der Waals surface area contributed by atoms with Gasteiger partial charge in [-0.3, -0.25) is 4.79 Å². The van der Waals surface area contributed by atoms with E-state index >= 15 is 0 Å². The second-order valence-electron chi connectivity index (χ2n) is 5.52. The minimum atomic E-state index is 0.244. The second kappa shape index (κ2) is 4.12. The standard InChI is InChI=1S/C12H22N2O/c1-9(2)12(3-4-12)8-14-11(15)5-10-6-13-7-10/h9-10,13H,3-8H2,1-2H3,(H,14,15). The van der Waals surface area contributed by atoms with E-state index in [2.05, 4.69) is 24.5 Å². The largest absolute Gasteiger partial charge is 0.356 e. The first-order valence-corrected chi connectivity index (χ1v) is 6.10. The molecule has 2 N–H and O–H groups in total. The van der Waals surface area contributed by atoms with Crippen LogP contribution in [0.5, 0.6) is 0 Å². The van der Waals surface area contributed by atoms with E-state index in [0.29, 0.717) is 23.7 Å². The zero-order valence-electron chi connectivity index (χ0n) is 9.81. The van der Waals surface area contributed by atoms with Crippen LogP contribution in [0.25, 0.3) is 0 Å². The Hall–Kier alpha value is -0.570. The van der Waals surface area contributed by atoms with Gasteiger partial charge in [-0.2, -0.15) is 0 Å². The molecule has 0 aromatic rings. The summed E-state index contributed by atoms with van der Waals surface area (Å²) in [6, 6.07) is 0. The predicted molar refractivity (Wildman–Crippen MR) is 60.5 cm³/mol. The highest BCUT2D eigenvalue weighted by Gasteiger charge is 2.45. The summed E-state index contributed by atoms with van der Waals surface area (Å²) in [5.41, 5.74) is 0.438. The lowest BCUT2D eigenvalue weighted by Crippen LogP contribution is -2.45. The van der Waals surface area contributed by atoms with Gasteiger partial charge < -0.3 is 10.6 Å². The molecule has 0 radical (unpaired) electrons. The molecular weight excluding hydrogens is 188 g/mol. The van der Waals surface area contributed by atoms with E-state index in [-0.39, 0.29) is 5.91 Å². The van der Waals surface area contributed by atoms with Crippen LogP contribution in [-0.2, 0) is 4.79 Å². The zero-order valence-corrected chi connectivity index (χ0v) is 9.81. The minimum absolute atomic E-state index is 0.244. The van der Waals surface area contributed by atoms with E-state index in [1.807, 2.05) is 0 Å². The molecule has 3 heteroatoms. The van der Waals surface area contributed by atoms with Gasteiger partial charge in [0.05, 0.1) is 0 Å². The fourth-order valence-electron chi connectivity index (χ4n) is 2.22. The molecule has 2 aliphatic rings. The maximum atomic E-state index is 11.6. The third-order valence-corrected chi connectivity index (χ3v) is 4.09. The van der Waals surface area contributed by atoms with Crippen LogP contribution in [0, 0.1) is 17.3 Å². The summed E-state index contributed by atoms with van der Waals surface area (Å²) >= 11 is 0. The molecule has 1 aliphatic carbocycles. The summed E-state index contributed by atoms with van der Waals surface area (Å²) in [7, 11) is 0. The van der Waals surface area contributed by atoms with Gasteiger partial charge in [-0.15, -0.1) is 0 Å². The van der Waals surface area contributed by atoms with Crippen molar-refractivity contribution in [2.24, 2.45) is 17.3 Å². The molecule has 2 rings (SSSR count). The van der Waals surface area contributed by atoms with Crippen LogP contribution in [0.2, 0.25) is 0 Å². The fraction of sp³-hybridized carbons (Fsp3) is 0.917. The van der Waals surface area contributed by atoms with Crippen LogP contribution in [0.1, 0.15) is 33.1 Å². The molecule has 1 saturated carbocycles. The zero-order chi connectivity index (χ0) is 10.9. The lowest BCUT2D eigenvalue weighted by molar-refractivity contribution is -0.122. The SMILES string of the molecule is CC(C)C1(CNC(=O)CC2CNC2)CC1. The van der Waals surface area contributed by atoms with E-state index in [9.17, 15) is 4.79 Å². The summed E-state index contributed by atoms with van der Waals surface area (Å²) < 4.78 is 0. The van der Waals surface area contributed by atoms with Gasteiger partial charge in [0.25, 0.3) is 0 Å². The highest BCUT2D eigenvalue weighted by atomic mass is 16.1. The van der Waals surface area contributed by atoms with Crippen LogP contribution in [0.15, 0.2) is 0 Å². The van der Waals surface area contributed by atoms with Crippen LogP contribution >= 0.6 is 0 Å². The highest BCUT2D eigenvalue weighted by molar-refractivity contribution is 5.76. The van der Waals surface area contributed by atoms with Crippen molar-refractivity contribution in [3.63, 3.8) is 0 Å². The summed E-state index contributed by atoms with van der Waals surface area (Å²) in [5.74, 6) is 1.52. The van der Waals surface area contributed by atoms with Crippen molar-refractivity contribution in [3.8, 4) is 0 Å². The Morgan fingerprint density at radius 1 is 1.47 bits per heavy atom. The topological polar surface area (TPSA) is 41.1 Å². The summed E-state index contributed by atoms with van der Waals surface area (Å²) in [4.78, 5) is 11.6. The lowest BCUT2D eigenvalue weighted by atomic mass is 9.92. The Balaban J connectivity index is 1.66. The van der Waals surface area contributed by atoms with E-state index in [0.717, 1.165) is 19.6 Å². The van der Waals surface area contributed by atoms with Gasteiger partial charge in [-0.25, -0.2) is 0 Å². The molecule has 2 fully saturated rings. The number of amides is 1. The minimum Gasteiger partial charge on any atom is -0.356 e. The highest BCUT2D eigenvalue weighted by Crippen LogP contribution is 2.51. The molecule has 0 bridgehead atoms. The fourth-order valence-corrected chi connectivity index (χ4v) is 2.22. The van der Waals surface area contributed by atoms with Gasteiger partial charge in [0.2, 0.25) is 5.91 Å². The predicted octanol–water partition coefficient (Wildman–Crippen LogP) is 1.15. The Bertz CT molecular complexity index is 242. The number of rotatable bonds is 5. The summed E-state index contributed by atoms with van der Waals surface area (Å²) in [6.07, 6.45) is 3.28. The maximum Gasteiger partial charge on any atom is 0.220 e. The first-order chi connectivity index (χ1) is 7.12. The van der Waals surface area contributed by atoms with Gasteiger partial charge in [0, 0.05) is 13.0 Å². The number of nitrogens with one attached hydrogen (secondary N) is 2. The Morgan fingerprint density at radius 2 is 2.13 bits per heavy atom. The normalized spacial score (nSPS) is 23.7. The third kappa shape index (κ3) is 2.51. The lowest BCUT2D eigenvalue weighted by Gasteiger charge is -2.27. The number of hydrogen-bond acceptors (Lipinski definition) is 2. The molecule has 15 heavy (non-hydrogen) atoms. The maximum absolute atomic E-state index is 11.6. The van der Waals surface area contributed by atoms with Gasteiger partial charge in [-0.05, 0) is 43.2 Å². The molecule has 3 nitrogen and oxygen atoms in total. The van der Waals surface area contributed by atoms with Crippen molar-refractivity contribution in [2.45, 2.75) is 33.1 Å². The van der Waals surface area contributed by atoms with Gasteiger partial charge in [-0.1, -0.05) is 13.8 Å². The van der Waals surface area contributed by atoms with Gasteiger partial charge in [0.1, 0.15) is 0 Å². The molecule has 86 valence electrons. The van der Waals surface area contributed by atoms with Crippen molar-refractivity contribution >= 4 is 5.91 Å². The van der Waals surface area contributed by atoms with Crippen molar-refractivity contribution in [1.82, 2.24) is 10.6 Å². The first kappa shape index (κ1) is 10.9. The van der Waals surface area contributed by atoms with Crippen LogP contribution in [-0.4, -0.2) is 25.5 Å². The molecule has 0 atom stereocenters. The Kier molecular flexibility index (Phi) is 3.01. The van der Waals surface area contributed by atoms with Gasteiger partial charge in [0.15, 0.2) is 0 Å². The Morgan fingerprint density at radius 3 is 2.53 bits per heavy atom. The van der Waals surface area contributed by atoms with Crippen molar-refractivity contribution in [3.05, 3.63) is 0 Å². The van der Waals surface area contributed by atoms with Crippen LogP contribution in [0.4, 0.5) is 0 Å². The average Bonchev–Trinajstić information content (AvgIpc) is 2.89. The number of hydrogen-bond donors (Lipinski definition) is 2.